The van der Waals surface area contributed by atoms with Crippen molar-refractivity contribution < 1.29 is 18.7 Å². The maximum absolute atomic E-state index is 13.5. The third-order valence-electron chi connectivity index (χ3n) is 2.48. The molecule has 1 aromatic rings. The van der Waals surface area contributed by atoms with Gasteiger partial charge in [0, 0.05) is 17.7 Å². The highest BCUT2D eigenvalue weighted by molar-refractivity contribution is 5.92. The molecule has 1 unspecified atom stereocenters. The number of rotatable bonds is 5. The summed E-state index contributed by atoms with van der Waals surface area (Å²) in [7, 11) is 1.27. The van der Waals surface area contributed by atoms with Crippen LogP contribution in [-0.2, 0) is 16.1 Å². The van der Waals surface area contributed by atoms with Crippen molar-refractivity contribution in [2.75, 3.05) is 7.11 Å². The fourth-order valence-corrected chi connectivity index (χ4v) is 1.39. The average molecular weight is 254 g/mol. The lowest BCUT2D eigenvalue weighted by Gasteiger charge is -2.12. The normalized spacial score (nSPS) is 11.9. The predicted octanol–water partition coefficient (Wildman–Crippen LogP) is 0.576. The summed E-state index contributed by atoms with van der Waals surface area (Å²) in [4.78, 5) is 22.1. The van der Waals surface area contributed by atoms with E-state index in [0.29, 0.717) is 0 Å². The van der Waals surface area contributed by atoms with Gasteiger partial charge < -0.3 is 15.8 Å². The summed E-state index contributed by atoms with van der Waals surface area (Å²) < 4.78 is 18.0. The van der Waals surface area contributed by atoms with Gasteiger partial charge >= 0.3 is 5.97 Å². The number of esters is 1. The minimum absolute atomic E-state index is 0.100. The van der Waals surface area contributed by atoms with Crippen LogP contribution in [0.2, 0.25) is 0 Å². The lowest BCUT2D eigenvalue weighted by atomic mass is 10.1. The molecule has 18 heavy (non-hydrogen) atoms. The Bertz CT molecular complexity index is 463. The van der Waals surface area contributed by atoms with Crippen LogP contribution in [-0.4, -0.2) is 25.0 Å². The Labute approximate surface area is 104 Å². The predicted molar refractivity (Wildman–Crippen MR) is 63.2 cm³/mol. The third kappa shape index (κ3) is 3.53. The fourth-order valence-electron chi connectivity index (χ4n) is 1.39. The number of methoxy groups -OCH3 is 1. The van der Waals surface area contributed by atoms with E-state index in [-0.39, 0.29) is 17.7 Å². The number of ether oxygens (including phenoxy) is 1. The molecule has 0 fully saturated rings. The zero-order chi connectivity index (χ0) is 13.7. The van der Waals surface area contributed by atoms with E-state index < -0.39 is 23.7 Å². The number of amides is 1. The number of nitrogens with one attached hydrogen (secondary N) is 1. The average Bonchev–Trinajstić information content (AvgIpc) is 2.36. The van der Waals surface area contributed by atoms with Gasteiger partial charge in [0.05, 0.1) is 7.11 Å². The van der Waals surface area contributed by atoms with E-state index in [9.17, 15) is 14.0 Å². The highest BCUT2D eigenvalue weighted by Gasteiger charge is 2.13. The summed E-state index contributed by atoms with van der Waals surface area (Å²) in [5.74, 6) is -1.54. The van der Waals surface area contributed by atoms with E-state index in [1.54, 1.807) is 6.92 Å². The van der Waals surface area contributed by atoms with Gasteiger partial charge in [-0.1, -0.05) is 0 Å². The molecule has 0 radical (unpaired) electrons. The topological polar surface area (TPSA) is 81.4 Å². The van der Waals surface area contributed by atoms with Crippen molar-refractivity contribution in [1.29, 1.82) is 0 Å². The van der Waals surface area contributed by atoms with Crippen LogP contribution in [0.5, 0.6) is 0 Å². The molecule has 0 aromatic heterocycles. The molecule has 0 aliphatic carbocycles. The van der Waals surface area contributed by atoms with Gasteiger partial charge in [-0.15, -0.1) is 0 Å². The molecule has 0 spiro atoms. The van der Waals surface area contributed by atoms with Crippen molar-refractivity contribution in [3.63, 3.8) is 0 Å². The number of carbonyl (C=O) groups excluding carboxylic acids is 2. The van der Waals surface area contributed by atoms with Gasteiger partial charge in [-0.3, -0.25) is 9.59 Å². The zero-order valence-corrected chi connectivity index (χ0v) is 10.2. The molecule has 0 saturated carbocycles. The van der Waals surface area contributed by atoms with E-state index in [1.165, 1.54) is 25.3 Å². The Balaban J connectivity index is 2.75. The molecule has 1 rings (SSSR count). The maximum Gasteiger partial charge on any atom is 0.322 e. The molecular formula is C12H15FN2O3. The summed E-state index contributed by atoms with van der Waals surface area (Å²) in [6.07, 6.45) is 0. The van der Waals surface area contributed by atoms with Crippen molar-refractivity contribution in [1.82, 2.24) is 5.32 Å². The Morgan fingerprint density at radius 2 is 2.17 bits per heavy atom. The molecule has 6 heteroatoms. The first-order valence-electron chi connectivity index (χ1n) is 5.35. The van der Waals surface area contributed by atoms with E-state index >= 15 is 0 Å². The summed E-state index contributed by atoms with van der Waals surface area (Å²) in [6.45, 7) is 1.70. The molecule has 3 N–H and O–H groups in total. The number of benzene rings is 1. The second kappa shape index (κ2) is 6.11. The molecule has 98 valence electrons. The van der Waals surface area contributed by atoms with Crippen LogP contribution in [0.4, 0.5) is 4.39 Å². The highest BCUT2D eigenvalue weighted by atomic mass is 19.1. The van der Waals surface area contributed by atoms with Crippen molar-refractivity contribution in [3.8, 4) is 0 Å². The Kier molecular flexibility index (Phi) is 4.79. The van der Waals surface area contributed by atoms with Crippen LogP contribution in [0.1, 0.15) is 22.8 Å². The molecular weight excluding hydrogens is 239 g/mol. The van der Waals surface area contributed by atoms with E-state index in [2.05, 4.69) is 10.1 Å². The first kappa shape index (κ1) is 14.1. The minimum atomic E-state index is -0.628. The van der Waals surface area contributed by atoms with Gasteiger partial charge in [0.15, 0.2) is 0 Å². The highest BCUT2D eigenvalue weighted by Crippen LogP contribution is 2.10. The quantitative estimate of drug-likeness (QED) is 0.753. The summed E-state index contributed by atoms with van der Waals surface area (Å²) in [5, 5.41) is 2.79. The third-order valence-corrected chi connectivity index (χ3v) is 2.48. The van der Waals surface area contributed by atoms with Crippen molar-refractivity contribution >= 4 is 11.9 Å². The summed E-state index contributed by atoms with van der Waals surface area (Å²) in [6, 6.07) is 3.27. The molecule has 1 amide bonds. The molecule has 0 saturated heterocycles. The Morgan fingerprint density at radius 3 is 2.72 bits per heavy atom. The second-order valence-corrected chi connectivity index (χ2v) is 3.80. The standard InChI is InChI=1S/C12H15FN2O3/c1-7(12(17)18-2)15-6-9-5-8(11(14)16)3-4-10(9)13/h3-5,7,15H,6H2,1-2H3,(H2,14,16). The molecule has 0 heterocycles. The van der Waals surface area contributed by atoms with E-state index in [1.807, 2.05) is 0 Å². The molecule has 0 aliphatic rings. The van der Waals surface area contributed by atoms with Crippen LogP contribution in [0.15, 0.2) is 18.2 Å². The van der Waals surface area contributed by atoms with Gasteiger partial charge in [-0.05, 0) is 25.1 Å². The van der Waals surface area contributed by atoms with E-state index in [0.717, 1.165) is 0 Å². The zero-order valence-electron chi connectivity index (χ0n) is 10.2. The fraction of sp³-hybridized carbons (Fsp3) is 0.333. The summed E-state index contributed by atoms with van der Waals surface area (Å²) >= 11 is 0. The monoisotopic (exact) mass is 254 g/mol. The van der Waals surface area contributed by atoms with Crippen molar-refractivity contribution in [2.24, 2.45) is 5.73 Å². The minimum Gasteiger partial charge on any atom is -0.468 e. The van der Waals surface area contributed by atoms with Crippen LogP contribution < -0.4 is 11.1 Å². The number of hydrogen-bond acceptors (Lipinski definition) is 4. The number of primary amides is 1. The SMILES string of the molecule is COC(=O)C(C)NCc1cc(C(N)=O)ccc1F. The van der Waals surface area contributed by atoms with Crippen LogP contribution in [0.3, 0.4) is 0 Å². The van der Waals surface area contributed by atoms with Gasteiger partial charge in [0.2, 0.25) is 5.91 Å². The Morgan fingerprint density at radius 1 is 1.50 bits per heavy atom. The number of hydrogen-bond donors (Lipinski definition) is 2. The van der Waals surface area contributed by atoms with Gasteiger partial charge in [-0.2, -0.15) is 0 Å². The lowest BCUT2D eigenvalue weighted by Crippen LogP contribution is -2.34. The smallest absolute Gasteiger partial charge is 0.322 e. The lowest BCUT2D eigenvalue weighted by molar-refractivity contribution is -0.142. The maximum atomic E-state index is 13.5. The number of carbonyl (C=O) groups is 2. The number of nitrogens with two attached hydrogens (primary N) is 1. The van der Waals surface area contributed by atoms with Crippen LogP contribution in [0.25, 0.3) is 0 Å². The largest absolute Gasteiger partial charge is 0.468 e. The molecule has 5 nitrogen and oxygen atoms in total. The first-order valence-corrected chi connectivity index (χ1v) is 5.35. The van der Waals surface area contributed by atoms with Gasteiger partial charge in [-0.25, -0.2) is 4.39 Å². The number of halogens is 1. The van der Waals surface area contributed by atoms with Gasteiger partial charge in [0.25, 0.3) is 0 Å². The molecule has 0 bridgehead atoms. The second-order valence-electron chi connectivity index (χ2n) is 3.80. The van der Waals surface area contributed by atoms with Gasteiger partial charge in [0.1, 0.15) is 11.9 Å². The van der Waals surface area contributed by atoms with Crippen molar-refractivity contribution in [2.45, 2.75) is 19.5 Å². The summed E-state index contributed by atoms with van der Waals surface area (Å²) in [5.41, 5.74) is 5.59. The molecule has 1 atom stereocenters. The molecule has 0 aliphatic heterocycles. The van der Waals surface area contributed by atoms with Crippen LogP contribution >= 0.6 is 0 Å². The van der Waals surface area contributed by atoms with E-state index in [4.69, 9.17) is 5.73 Å². The Hall–Kier alpha value is -1.95. The van der Waals surface area contributed by atoms with Crippen LogP contribution in [0, 0.1) is 5.82 Å². The van der Waals surface area contributed by atoms with Crippen molar-refractivity contribution in [3.05, 3.63) is 35.1 Å². The first-order chi connectivity index (χ1) is 8.45. The molecule has 1 aromatic carbocycles.